The van der Waals surface area contributed by atoms with Gasteiger partial charge >= 0.3 is 0 Å². The Bertz CT molecular complexity index is 869. The number of aromatic nitrogens is 4. The molecule has 138 valence electrons. The van der Waals surface area contributed by atoms with Crippen LogP contribution < -0.4 is 0 Å². The lowest BCUT2D eigenvalue weighted by Crippen LogP contribution is -2.40. The second-order valence-corrected chi connectivity index (χ2v) is 5.62. The summed E-state index contributed by atoms with van der Waals surface area (Å²) in [6.45, 7) is -0.565. The van der Waals surface area contributed by atoms with Crippen LogP contribution in [0.15, 0.2) is 42.6 Å². The summed E-state index contributed by atoms with van der Waals surface area (Å²) in [5.41, 5.74) is 1.75. The fourth-order valence-electron chi connectivity index (χ4n) is 2.41. The molecule has 0 spiro atoms. The van der Waals surface area contributed by atoms with Crippen LogP contribution >= 0.6 is 0 Å². The number of rotatable bonds is 7. The monoisotopic (exact) mass is 361 g/mol. The number of hydrogen-bond donors (Lipinski definition) is 4. The fraction of sp³-hybridized carbons (Fsp3) is 0.312. The molecule has 2 unspecified atom stereocenters. The van der Waals surface area contributed by atoms with Crippen molar-refractivity contribution in [3.63, 3.8) is 0 Å². The lowest BCUT2D eigenvalue weighted by Gasteiger charge is -2.27. The number of para-hydroxylation sites is 1. The molecule has 0 fully saturated rings. The van der Waals surface area contributed by atoms with Crippen molar-refractivity contribution in [3.8, 4) is 11.4 Å². The third kappa shape index (κ3) is 3.85. The summed E-state index contributed by atoms with van der Waals surface area (Å²) in [4.78, 5) is 4.50. The molecule has 0 aliphatic rings. The standard InChI is InChI=1S/C16H19N5O5/c1-20(25)14(9-22)26-15(16(23)24)21-8-13(18-19-21)12-7-6-10-4-2-3-5-11(10)17-12/h2-8,14-16,22-25H,9H2,1H3. The lowest BCUT2D eigenvalue weighted by molar-refractivity contribution is -0.279. The van der Waals surface area contributed by atoms with E-state index in [1.54, 1.807) is 6.07 Å². The predicted molar refractivity (Wildman–Crippen MR) is 89.5 cm³/mol. The average Bonchev–Trinajstić information content (AvgIpc) is 3.11. The molecule has 0 aliphatic heterocycles. The van der Waals surface area contributed by atoms with Crippen LogP contribution in [0, 0.1) is 0 Å². The molecule has 1 aromatic carbocycles. The largest absolute Gasteiger partial charge is 0.392 e. The lowest BCUT2D eigenvalue weighted by atomic mass is 10.2. The zero-order valence-electron chi connectivity index (χ0n) is 13.9. The normalized spacial score (nSPS) is 14.3. The molecule has 26 heavy (non-hydrogen) atoms. The molecular weight excluding hydrogens is 342 g/mol. The highest BCUT2D eigenvalue weighted by Gasteiger charge is 2.27. The number of hydrogen-bond acceptors (Lipinski definition) is 9. The number of pyridine rings is 1. The summed E-state index contributed by atoms with van der Waals surface area (Å²) in [5, 5.41) is 47.1. The maximum Gasteiger partial charge on any atom is 0.204 e. The molecule has 10 heteroatoms. The molecule has 4 N–H and O–H groups in total. The van der Waals surface area contributed by atoms with Gasteiger partial charge in [-0.3, -0.25) is 0 Å². The van der Waals surface area contributed by atoms with E-state index in [2.05, 4.69) is 15.3 Å². The van der Waals surface area contributed by atoms with Crippen molar-refractivity contribution in [1.29, 1.82) is 0 Å². The molecular formula is C16H19N5O5. The molecule has 3 aromatic rings. The van der Waals surface area contributed by atoms with Gasteiger partial charge in [0.1, 0.15) is 5.69 Å². The second kappa shape index (κ2) is 7.83. The molecule has 10 nitrogen and oxygen atoms in total. The number of aliphatic hydroxyl groups is 3. The first-order valence-electron chi connectivity index (χ1n) is 7.81. The Morgan fingerprint density at radius 3 is 2.62 bits per heavy atom. The second-order valence-electron chi connectivity index (χ2n) is 5.62. The van der Waals surface area contributed by atoms with Crippen molar-refractivity contribution < 1.29 is 25.3 Å². The first-order valence-corrected chi connectivity index (χ1v) is 7.81. The number of likely N-dealkylation sites (N-methyl/N-ethyl adjacent to an activating group) is 1. The van der Waals surface area contributed by atoms with Crippen LogP contribution in [0.1, 0.15) is 6.23 Å². The summed E-state index contributed by atoms with van der Waals surface area (Å²) in [6, 6.07) is 11.3. The van der Waals surface area contributed by atoms with E-state index >= 15 is 0 Å². The van der Waals surface area contributed by atoms with E-state index in [1.807, 2.05) is 30.3 Å². The Labute approximate surface area is 148 Å². The maximum absolute atomic E-state index is 9.56. The summed E-state index contributed by atoms with van der Waals surface area (Å²) in [5.74, 6) is 0. The van der Waals surface area contributed by atoms with Crippen LogP contribution in [0.5, 0.6) is 0 Å². The van der Waals surface area contributed by atoms with E-state index in [-0.39, 0.29) is 0 Å². The molecule has 2 atom stereocenters. The van der Waals surface area contributed by atoms with Crippen molar-refractivity contribution in [3.05, 3.63) is 42.6 Å². The van der Waals surface area contributed by atoms with E-state index in [0.717, 1.165) is 15.6 Å². The molecule has 0 saturated carbocycles. The minimum absolute atomic E-state index is 0.405. The van der Waals surface area contributed by atoms with Crippen LogP contribution in [0.3, 0.4) is 0 Å². The number of aliphatic hydroxyl groups excluding tert-OH is 2. The van der Waals surface area contributed by atoms with Gasteiger partial charge in [-0.15, -0.1) is 5.10 Å². The topological polar surface area (TPSA) is 137 Å². The Hall–Kier alpha value is -2.47. The molecule has 0 amide bonds. The van der Waals surface area contributed by atoms with Crippen LogP contribution in [0.2, 0.25) is 0 Å². The van der Waals surface area contributed by atoms with Crippen LogP contribution in [-0.4, -0.2) is 71.7 Å². The van der Waals surface area contributed by atoms with Crippen molar-refractivity contribution in [1.82, 2.24) is 25.0 Å². The van der Waals surface area contributed by atoms with Gasteiger partial charge in [0, 0.05) is 12.4 Å². The number of ether oxygens (including phenoxy) is 1. The van der Waals surface area contributed by atoms with Gasteiger partial charge in [0.25, 0.3) is 0 Å². The van der Waals surface area contributed by atoms with Crippen molar-refractivity contribution >= 4 is 10.9 Å². The highest BCUT2D eigenvalue weighted by molar-refractivity contribution is 5.80. The Kier molecular flexibility index (Phi) is 5.52. The molecule has 3 rings (SSSR count). The van der Waals surface area contributed by atoms with E-state index in [9.17, 15) is 20.5 Å². The molecule has 0 radical (unpaired) electrons. The molecule has 0 bridgehead atoms. The highest BCUT2D eigenvalue weighted by Crippen LogP contribution is 2.21. The molecule has 2 heterocycles. The smallest absolute Gasteiger partial charge is 0.204 e. The van der Waals surface area contributed by atoms with Gasteiger partial charge in [0.2, 0.25) is 6.23 Å². The summed E-state index contributed by atoms with van der Waals surface area (Å²) >= 11 is 0. The summed E-state index contributed by atoms with van der Waals surface area (Å²) < 4.78 is 6.38. The van der Waals surface area contributed by atoms with Crippen molar-refractivity contribution in [2.24, 2.45) is 0 Å². The Morgan fingerprint density at radius 2 is 1.92 bits per heavy atom. The van der Waals surface area contributed by atoms with Gasteiger partial charge < -0.3 is 25.3 Å². The van der Waals surface area contributed by atoms with Gasteiger partial charge in [-0.25, -0.2) is 9.67 Å². The summed E-state index contributed by atoms with van der Waals surface area (Å²) in [7, 11) is 1.26. The quantitative estimate of drug-likeness (QED) is 0.337. The van der Waals surface area contributed by atoms with E-state index in [0.29, 0.717) is 16.5 Å². The third-order valence-electron chi connectivity index (χ3n) is 3.76. The first kappa shape index (κ1) is 18.3. The number of nitrogens with zero attached hydrogens (tertiary/aromatic N) is 5. The van der Waals surface area contributed by atoms with Gasteiger partial charge in [0.05, 0.1) is 24.0 Å². The SMILES string of the molecule is CN(O)C(CO)OC(C(O)O)n1cc(-c2ccc3ccccc3n2)nn1. The van der Waals surface area contributed by atoms with Gasteiger partial charge in [-0.1, -0.05) is 29.5 Å². The van der Waals surface area contributed by atoms with Crippen LogP contribution in [0.25, 0.3) is 22.3 Å². The molecule has 0 aliphatic carbocycles. The third-order valence-corrected chi connectivity index (χ3v) is 3.76. The van der Waals surface area contributed by atoms with Gasteiger partial charge in [0.15, 0.2) is 12.5 Å². The van der Waals surface area contributed by atoms with Crippen LogP contribution in [-0.2, 0) is 4.74 Å². The predicted octanol–water partition coefficient (Wildman–Crippen LogP) is -0.0414. The number of benzene rings is 1. The van der Waals surface area contributed by atoms with E-state index in [1.165, 1.54) is 13.2 Å². The fourth-order valence-corrected chi connectivity index (χ4v) is 2.41. The molecule has 2 aromatic heterocycles. The molecule has 0 saturated heterocycles. The van der Waals surface area contributed by atoms with E-state index in [4.69, 9.17) is 4.74 Å². The van der Waals surface area contributed by atoms with Crippen molar-refractivity contribution in [2.45, 2.75) is 18.7 Å². The van der Waals surface area contributed by atoms with Crippen molar-refractivity contribution in [2.75, 3.05) is 13.7 Å². The average molecular weight is 361 g/mol. The minimum Gasteiger partial charge on any atom is -0.392 e. The zero-order valence-corrected chi connectivity index (χ0v) is 13.9. The van der Waals surface area contributed by atoms with Gasteiger partial charge in [-0.2, -0.15) is 5.06 Å². The van der Waals surface area contributed by atoms with Crippen LogP contribution in [0.4, 0.5) is 0 Å². The van der Waals surface area contributed by atoms with Gasteiger partial charge in [-0.05, 0) is 12.1 Å². The zero-order chi connectivity index (χ0) is 18.7. The maximum atomic E-state index is 9.56. The first-order chi connectivity index (χ1) is 12.5. The Morgan fingerprint density at radius 1 is 1.15 bits per heavy atom. The number of fused-ring (bicyclic) bond motifs is 1. The summed E-state index contributed by atoms with van der Waals surface area (Å²) in [6.07, 6.45) is -3.08. The van der Waals surface area contributed by atoms with E-state index < -0.39 is 25.4 Å². The minimum atomic E-state index is -1.96. The highest BCUT2D eigenvalue weighted by atomic mass is 16.6. The number of hydroxylamine groups is 2. The Balaban J connectivity index is 1.88.